The summed E-state index contributed by atoms with van der Waals surface area (Å²) < 4.78 is 54.8. The molecule has 2 aromatic carbocycles. The van der Waals surface area contributed by atoms with Gasteiger partial charge in [0.15, 0.2) is 5.60 Å². The molecule has 1 aliphatic carbocycles. The maximum Gasteiger partial charge on any atom is 0.418 e. The summed E-state index contributed by atoms with van der Waals surface area (Å²) in [6.45, 7) is -0.307. The summed E-state index contributed by atoms with van der Waals surface area (Å²) in [6.07, 6.45) is -1.68. The van der Waals surface area contributed by atoms with Crippen LogP contribution in [0.25, 0.3) is 0 Å². The number of halogens is 5. The van der Waals surface area contributed by atoms with Crippen molar-refractivity contribution in [3.63, 3.8) is 0 Å². The van der Waals surface area contributed by atoms with Crippen LogP contribution in [0.5, 0.6) is 0 Å². The van der Waals surface area contributed by atoms with E-state index in [-0.39, 0.29) is 24.8 Å². The van der Waals surface area contributed by atoms with Crippen LogP contribution in [-0.2, 0) is 16.6 Å². The molecule has 1 aliphatic heterocycles. The average molecular weight is 557 g/mol. The molecule has 2 fully saturated rings. The molecule has 1 saturated carbocycles. The lowest BCUT2D eigenvalue weighted by Crippen LogP contribution is -2.52. The highest BCUT2D eigenvalue weighted by Gasteiger charge is 2.57. The minimum absolute atomic E-state index is 0.0795. The molecule has 190 valence electrons. The Bertz CT molecular complexity index is 1020. The molecular weight excluding hydrogens is 528 g/mol. The maximum atomic E-state index is 13.5. The smallest absolute Gasteiger partial charge is 0.379 e. The van der Waals surface area contributed by atoms with Gasteiger partial charge in [-0.3, -0.25) is 9.69 Å². The van der Waals surface area contributed by atoms with Gasteiger partial charge in [-0.25, -0.2) is 4.39 Å². The van der Waals surface area contributed by atoms with Gasteiger partial charge >= 0.3 is 6.18 Å². The lowest BCUT2D eigenvalue weighted by molar-refractivity contribution is -0.254. The van der Waals surface area contributed by atoms with Crippen LogP contribution in [0.3, 0.4) is 0 Å². The fourth-order valence-electron chi connectivity index (χ4n) is 5.36. The van der Waals surface area contributed by atoms with Gasteiger partial charge in [-0.2, -0.15) is 13.2 Å². The van der Waals surface area contributed by atoms with Gasteiger partial charge in [-0.05, 0) is 61.1 Å². The Kier molecular flexibility index (Phi) is 7.60. The van der Waals surface area contributed by atoms with Crippen LogP contribution >= 0.6 is 15.9 Å². The predicted molar refractivity (Wildman–Crippen MR) is 128 cm³/mol. The van der Waals surface area contributed by atoms with E-state index in [0.717, 1.165) is 28.4 Å². The number of amides is 1. The summed E-state index contributed by atoms with van der Waals surface area (Å²) in [5.41, 5.74) is -1.85. The fourth-order valence-corrected chi connectivity index (χ4v) is 5.63. The van der Waals surface area contributed by atoms with Gasteiger partial charge < -0.3 is 10.4 Å². The number of nitrogens with one attached hydrogen (secondary N) is 1. The SMILES string of the molecule is O=C(NCC(Cc1ccc(Br)cc1)N1CCC(O)(C(F)(F)F)C1)C1(c2ccc(F)cc2)CCCC1. The van der Waals surface area contributed by atoms with Gasteiger partial charge in [-0.15, -0.1) is 0 Å². The molecule has 4 rings (SSSR count). The summed E-state index contributed by atoms with van der Waals surface area (Å²) in [5, 5.41) is 13.2. The lowest BCUT2D eigenvalue weighted by atomic mass is 9.78. The molecule has 4 nitrogen and oxygen atoms in total. The number of β-amino-alcohol motifs (C(OH)–C–C–N with tert-alkyl or cyclic N) is 1. The van der Waals surface area contributed by atoms with Gasteiger partial charge in [0.2, 0.25) is 5.91 Å². The molecular formula is C26H29BrF4N2O2. The summed E-state index contributed by atoms with van der Waals surface area (Å²) in [5.74, 6) is -0.559. The van der Waals surface area contributed by atoms with Crippen molar-refractivity contribution in [1.29, 1.82) is 0 Å². The Balaban J connectivity index is 1.53. The van der Waals surface area contributed by atoms with Crippen LogP contribution in [0.1, 0.15) is 43.2 Å². The van der Waals surface area contributed by atoms with Gasteiger partial charge in [0.05, 0.1) is 5.41 Å². The van der Waals surface area contributed by atoms with E-state index in [4.69, 9.17) is 0 Å². The average Bonchev–Trinajstić information content (AvgIpc) is 3.47. The highest BCUT2D eigenvalue weighted by atomic mass is 79.9. The van der Waals surface area contributed by atoms with Crippen molar-refractivity contribution in [3.05, 3.63) is 69.9 Å². The molecule has 1 amide bonds. The van der Waals surface area contributed by atoms with E-state index in [1.54, 1.807) is 17.0 Å². The third-order valence-electron chi connectivity index (χ3n) is 7.49. The number of rotatable bonds is 7. The Hall–Kier alpha value is -1.97. The monoisotopic (exact) mass is 556 g/mol. The first-order valence-corrected chi connectivity index (χ1v) is 12.6. The zero-order valence-corrected chi connectivity index (χ0v) is 20.8. The molecule has 2 N–H and O–H groups in total. The van der Waals surface area contributed by atoms with E-state index in [0.29, 0.717) is 19.3 Å². The van der Waals surface area contributed by atoms with Crippen LogP contribution in [-0.4, -0.2) is 53.4 Å². The Labute approximate surface area is 210 Å². The maximum absolute atomic E-state index is 13.5. The van der Waals surface area contributed by atoms with Gasteiger partial charge in [-0.1, -0.05) is 53.0 Å². The number of hydrogen-bond donors (Lipinski definition) is 2. The molecule has 2 aliphatic rings. The van der Waals surface area contributed by atoms with E-state index >= 15 is 0 Å². The number of likely N-dealkylation sites (tertiary alicyclic amines) is 1. The van der Waals surface area contributed by atoms with Gasteiger partial charge in [0.25, 0.3) is 0 Å². The second kappa shape index (κ2) is 10.2. The van der Waals surface area contributed by atoms with Crippen molar-refractivity contribution in [2.24, 2.45) is 0 Å². The summed E-state index contributed by atoms with van der Waals surface area (Å²) >= 11 is 3.39. The summed E-state index contributed by atoms with van der Waals surface area (Å²) in [7, 11) is 0. The van der Waals surface area contributed by atoms with Crippen LogP contribution in [0.4, 0.5) is 17.6 Å². The van der Waals surface area contributed by atoms with Crippen LogP contribution < -0.4 is 5.32 Å². The number of nitrogens with zero attached hydrogens (tertiary/aromatic N) is 1. The molecule has 1 saturated heterocycles. The molecule has 0 bridgehead atoms. The molecule has 0 aromatic heterocycles. The van der Waals surface area contributed by atoms with Crippen molar-refractivity contribution in [2.45, 2.75) is 61.8 Å². The Morgan fingerprint density at radius 1 is 1.06 bits per heavy atom. The van der Waals surface area contributed by atoms with E-state index in [9.17, 15) is 27.5 Å². The fraction of sp³-hybridized carbons (Fsp3) is 0.500. The molecule has 2 aromatic rings. The Morgan fingerprint density at radius 2 is 1.69 bits per heavy atom. The second-order valence-electron chi connectivity index (χ2n) is 9.74. The topological polar surface area (TPSA) is 52.6 Å². The molecule has 2 unspecified atom stereocenters. The molecule has 9 heteroatoms. The lowest BCUT2D eigenvalue weighted by Gasteiger charge is -2.33. The van der Waals surface area contributed by atoms with Gasteiger partial charge in [0, 0.05) is 30.1 Å². The first-order valence-electron chi connectivity index (χ1n) is 11.8. The number of carbonyl (C=O) groups excluding carboxylic acids is 1. The number of benzene rings is 2. The number of aliphatic hydroxyl groups is 1. The molecule has 0 radical (unpaired) electrons. The van der Waals surface area contributed by atoms with Crippen molar-refractivity contribution < 1.29 is 27.5 Å². The summed E-state index contributed by atoms with van der Waals surface area (Å²) in [4.78, 5) is 15.1. The number of alkyl halides is 3. The molecule has 1 heterocycles. The van der Waals surface area contributed by atoms with Crippen molar-refractivity contribution >= 4 is 21.8 Å². The van der Waals surface area contributed by atoms with Crippen LogP contribution in [0.15, 0.2) is 53.0 Å². The van der Waals surface area contributed by atoms with Crippen molar-refractivity contribution in [3.8, 4) is 0 Å². The first kappa shape index (κ1) is 26.1. The van der Waals surface area contributed by atoms with Crippen LogP contribution in [0.2, 0.25) is 0 Å². The van der Waals surface area contributed by atoms with Crippen molar-refractivity contribution in [2.75, 3.05) is 19.6 Å². The van der Waals surface area contributed by atoms with E-state index in [2.05, 4.69) is 21.2 Å². The quantitative estimate of drug-likeness (QED) is 0.465. The van der Waals surface area contributed by atoms with E-state index in [1.165, 1.54) is 12.1 Å². The van der Waals surface area contributed by atoms with Crippen molar-refractivity contribution in [1.82, 2.24) is 10.2 Å². The zero-order chi connectivity index (χ0) is 25.3. The highest BCUT2D eigenvalue weighted by molar-refractivity contribution is 9.10. The molecule has 0 spiro atoms. The van der Waals surface area contributed by atoms with Crippen LogP contribution in [0, 0.1) is 5.82 Å². The van der Waals surface area contributed by atoms with E-state index in [1.807, 2.05) is 24.3 Å². The largest absolute Gasteiger partial charge is 0.418 e. The number of hydrogen-bond acceptors (Lipinski definition) is 3. The Morgan fingerprint density at radius 3 is 2.26 bits per heavy atom. The molecule has 35 heavy (non-hydrogen) atoms. The number of carbonyl (C=O) groups is 1. The normalized spacial score (nSPS) is 23.4. The zero-order valence-electron chi connectivity index (χ0n) is 19.3. The highest BCUT2D eigenvalue weighted by Crippen LogP contribution is 2.42. The third-order valence-corrected chi connectivity index (χ3v) is 8.02. The molecule has 2 atom stereocenters. The second-order valence-corrected chi connectivity index (χ2v) is 10.7. The standard InChI is InChI=1S/C26H29BrF4N2O2/c27-20-7-3-18(4-8-20)15-22(33-14-13-25(35,17-33)26(29,30)31)16-32-23(34)24(11-1-2-12-24)19-5-9-21(28)10-6-19/h3-10,22,35H,1-2,11-17H2,(H,32,34). The first-order chi connectivity index (χ1) is 16.5. The van der Waals surface area contributed by atoms with E-state index < -0.39 is 36.2 Å². The predicted octanol–water partition coefficient (Wildman–Crippen LogP) is 5.13. The summed E-state index contributed by atoms with van der Waals surface area (Å²) in [6, 6.07) is 13.1. The minimum Gasteiger partial charge on any atom is -0.379 e. The van der Waals surface area contributed by atoms with Gasteiger partial charge in [0.1, 0.15) is 5.82 Å². The minimum atomic E-state index is -4.72. The third kappa shape index (κ3) is 5.57.